The summed E-state index contributed by atoms with van der Waals surface area (Å²) in [5, 5.41) is 12.5. The first kappa shape index (κ1) is 17.4. The number of nitrogens with one attached hydrogen (secondary N) is 1. The van der Waals surface area contributed by atoms with Crippen molar-refractivity contribution in [3.63, 3.8) is 0 Å². The summed E-state index contributed by atoms with van der Waals surface area (Å²) in [6.45, 7) is -0.0459. The van der Waals surface area contributed by atoms with Gasteiger partial charge in [0.1, 0.15) is 5.56 Å². The van der Waals surface area contributed by atoms with Crippen LogP contribution in [-0.2, 0) is 16.1 Å². The highest BCUT2D eigenvalue weighted by Gasteiger charge is 2.17. The SMILES string of the molecule is COc1cccc(C(=O)OCC(=O)NCc2ccc3c(c2)OCO3)c1O. The minimum Gasteiger partial charge on any atom is -0.504 e. The molecule has 1 amide bonds. The molecule has 0 bridgehead atoms. The van der Waals surface area contributed by atoms with Gasteiger partial charge in [0, 0.05) is 6.54 Å². The number of carbonyl (C=O) groups is 2. The maximum atomic E-state index is 12.0. The molecule has 1 aliphatic heterocycles. The zero-order valence-corrected chi connectivity index (χ0v) is 14.0. The van der Waals surface area contributed by atoms with Gasteiger partial charge < -0.3 is 29.4 Å². The molecule has 0 aromatic heterocycles. The van der Waals surface area contributed by atoms with Crippen molar-refractivity contribution in [2.24, 2.45) is 0 Å². The van der Waals surface area contributed by atoms with Gasteiger partial charge in [-0.15, -0.1) is 0 Å². The smallest absolute Gasteiger partial charge is 0.342 e. The molecule has 1 heterocycles. The summed E-state index contributed by atoms with van der Waals surface area (Å²) in [7, 11) is 1.37. The summed E-state index contributed by atoms with van der Waals surface area (Å²) in [5.74, 6) is -0.200. The van der Waals surface area contributed by atoms with Gasteiger partial charge in [0.25, 0.3) is 5.91 Å². The Balaban J connectivity index is 1.50. The van der Waals surface area contributed by atoms with Crippen molar-refractivity contribution in [1.29, 1.82) is 0 Å². The van der Waals surface area contributed by atoms with Crippen LogP contribution in [0.3, 0.4) is 0 Å². The highest BCUT2D eigenvalue weighted by molar-refractivity contribution is 5.94. The fourth-order valence-corrected chi connectivity index (χ4v) is 2.36. The van der Waals surface area contributed by atoms with Gasteiger partial charge >= 0.3 is 5.97 Å². The van der Waals surface area contributed by atoms with Crippen LogP contribution in [0.2, 0.25) is 0 Å². The molecule has 8 nitrogen and oxygen atoms in total. The number of hydrogen-bond acceptors (Lipinski definition) is 7. The predicted octanol–water partition coefficient (Wildman–Crippen LogP) is 1.60. The van der Waals surface area contributed by atoms with E-state index in [1.807, 2.05) is 0 Å². The van der Waals surface area contributed by atoms with Crippen LogP contribution in [0.1, 0.15) is 15.9 Å². The molecule has 2 N–H and O–H groups in total. The van der Waals surface area contributed by atoms with Crippen molar-refractivity contribution in [2.75, 3.05) is 20.5 Å². The van der Waals surface area contributed by atoms with Gasteiger partial charge in [0.05, 0.1) is 7.11 Å². The van der Waals surface area contributed by atoms with Crippen molar-refractivity contribution in [3.8, 4) is 23.0 Å². The maximum Gasteiger partial charge on any atom is 0.342 e. The molecule has 0 spiro atoms. The molecule has 0 saturated carbocycles. The van der Waals surface area contributed by atoms with Crippen LogP contribution in [0.15, 0.2) is 36.4 Å². The number of amides is 1. The lowest BCUT2D eigenvalue weighted by molar-refractivity contribution is -0.124. The number of benzene rings is 2. The fourth-order valence-electron chi connectivity index (χ4n) is 2.36. The van der Waals surface area contributed by atoms with Crippen LogP contribution in [0.4, 0.5) is 0 Å². The first-order chi connectivity index (χ1) is 12.6. The van der Waals surface area contributed by atoms with Gasteiger partial charge in [-0.2, -0.15) is 0 Å². The number of ether oxygens (including phenoxy) is 4. The largest absolute Gasteiger partial charge is 0.504 e. The topological polar surface area (TPSA) is 103 Å². The number of methoxy groups -OCH3 is 1. The number of fused-ring (bicyclic) bond motifs is 1. The number of hydrogen-bond donors (Lipinski definition) is 2. The molecule has 8 heteroatoms. The molecular weight excluding hydrogens is 342 g/mol. The minimum atomic E-state index is -0.820. The van der Waals surface area contributed by atoms with E-state index in [0.717, 1.165) is 5.56 Å². The van der Waals surface area contributed by atoms with Gasteiger partial charge in [-0.1, -0.05) is 12.1 Å². The summed E-state index contributed by atoms with van der Waals surface area (Å²) in [5.41, 5.74) is 0.743. The van der Waals surface area contributed by atoms with Gasteiger partial charge in [-0.25, -0.2) is 4.79 Å². The Morgan fingerprint density at radius 2 is 2.00 bits per heavy atom. The molecule has 3 rings (SSSR count). The molecule has 2 aromatic carbocycles. The summed E-state index contributed by atoms with van der Waals surface area (Å²) < 4.78 is 20.3. The van der Waals surface area contributed by atoms with Gasteiger partial charge in [-0.05, 0) is 29.8 Å². The highest BCUT2D eigenvalue weighted by atomic mass is 16.7. The molecule has 0 aliphatic carbocycles. The lowest BCUT2D eigenvalue weighted by Crippen LogP contribution is -2.28. The standard InChI is InChI=1S/C18H17NO7/c1-23-14-4-2-3-12(17(14)21)18(22)24-9-16(20)19-8-11-5-6-13-15(7-11)26-10-25-13/h2-7,21H,8-10H2,1H3,(H,19,20). The Morgan fingerprint density at radius 1 is 1.19 bits per heavy atom. The Hall–Kier alpha value is -3.42. The quantitative estimate of drug-likeness (QED) is 0.755. The van der Waals surface area contributed by atoms with Crippen LogP contribution in [0, 0.1) is 0 Å². The molecule has 0 fully saturated rings. The van der Waals surface area contributed by atoms with Crippen LogP contribution < -0.4 is 19.5 Å². The van der Waals surface area contributed by atoms with Crippen LogP contribution >= 0.6 is 0 Å². The lowest BCUT2D eigenvalue weighted by Gasteiger charge is -2.09. The Kier molecular flexibility index (Phi) is 5.12. The second kappa shape index (κ2) is 7.64. The number of para-hydroxylation sites is 1. The highest BCUT2D eigenvalue weighted by Crippen LogP contribution is 2.32. The summed E-state index contributed by atoms with van der Waals surface area (Å²) in [6.07, 6.45) is 0. The van der Waals surface area contributed by atoms with Gasteiger partial charge in [0.15, 0.2) is 29.6 Å². The van der Waals surface area contributed by atoms with Gasteiger partial charge in [0.2, 0.25) is 6.79 Å². The average molecular weight is 359 g/mol. The van der Waals surface area contributed by atoms with Crippen LogP contribution in [-0.4, -0.2) is 37.5 Å². The average Bonchev–Trinajstić information content (AvgIpc) is 3.12. The normalized spacial score (nSPS) is 11.7. The maximum absolute atomic E-state index is 12.0. The van der Waals surface area contributed by atoms with Crippen molar-refractivity contribution in [2.45, 2.75) is 6.54 Å². The third-order valence-electron chi connectivity index (χ3n) is 3.70. The molecule has 136 valence electrons. The molecule has 2 aromatic rings. The Bertz CT molecular complexity index is 834. The fraction of sp³-hybridized carbons (Fsp3) is 0.222. The summed E-state index contributed by atoms with van der Waals surface area (Å²) in [6, 6.07) is 9.75. The molecule has 0 saturated heterocycles. The van der Waals surface area contributed by atoms with E-state index in [1.165, 1.54) is 25.3 Å². The van der Waals surface area contributed by atoms with E-state index in [-0.39, 0.29) is 30.4 Å². The Labute approximate surface area is 149 Å². The number of esters is 1. The molecule has 0 radical (unpaired) electrons. The van der Waals surface area contributed by atoms with Gasteiger partial charge in [-0.3, -0.25) is 4.79 Å². The number of phenols is 1. The zero-order valence-electron chi connectivity index (χ0n) is 14.0. The summed E-state index contributed by atoms with van der Waals surface area (Å²) >= 11 is 0. The van der Waals surface area contributed by atoms with E-state index in [0.29, 0.717) is 11.5 Å². The van der Waals surface area contributed by atoms with E-state index in [9.17, 15) is 14.7 Å². The Morgan fingerprint density at radius 3 is 2.81 bits per heavy atom. The lowest BCUT2D eigenvalue weighted by atomic mass is 10.2. The molecular formula is C18H17NO7. The molecule has 0 unspecified atom stereocenters. The van der Waals surface area contributed by atoms with Crippen LogP contribution in [0.25, 0.3) is 0 Å². The predicted molar refractivity (Wildman–Crippen MR) is 89.4 cm³/mol. The van der Waals surface area contributed by atoms with E-state index in [1.54, 1.807) is 18.2 Å². The zero-order chi connectivity index (χ0) is 18.5. The van der Waals surface area contributed by atoms with Crippen LogP contribution in [0.5, 0.6) is 23.0 Å². The van der Waals surface area contributed by atoms with Crippen molar-refractivity contribution in [1.82, 2.24) is 5.32 Å². The number of aromatic hydroxyl groups is 1. The van der Waals surface area contributed by atoms with Crippen molar-refractivity contribution in [3.05, 3.63) is 47.5 Å². The third kappa shape index (κ3) is 3.80. The van der Waals surface area contributed by atoms with Crippen molar-refractivity contribution >= 4 is 11.9 Å². The monoisotopic (exact) mass is 359 g/mol. The van der Waals surface area contributed by atoms with Crippen molar-refractivity contribution < 1.29 is 33.6 Å². The van der Waals surface area contributed by atoms with E-state index in [2.05, 4.69) is 5.32 Å². The number of phenolic OH excluding ortho intramolecular Hbond substituents is 1. The number of rotatable bonds is 6. The minimum absolute atomic E-state index is 0.0760. The first-order valence-corrected chi connectivity index (χ1v) is 7.77. The first-order valence-electron chi connectivity index (χ1n) is 7.77. The third-order valence-corrected chi connectivity index (χ3v) is 3.70. The second-order valence-corrected chi connectivity index (χ2v) is 5.40. The molecule has 0 atom stereocenters. The molecule has 1 aliphatic rings. The molecule has 26 heavy (non-hydrogen) atoms. The van der Waals surface area contributed by atoms with E-state index < -0.39 is 18.5 Å². The van der Waals surface area contributed by atoms with E-state index in [4.69, 9.17) is 18.9 Å². The number of carbonyl (C=O) groups excluding carboxylic acids is 2. The second-order valence-electron chi connectivity index (χ2n) is 5.40. The van der Waals surface area contributed by atoms with E-state index >= 15 is 0 Å². The summed E-state index contributed by atoms with van der Waals surface area (Å²) in [4.78, 5) is 23.9.